The van der Waals surface area contributed by atoms with Crippen LogP contribution >= 0.6 is 0 Å². The molecule has 1 aromatic carbocycles. The van der Waals surface area contributed by atoms with Crippen LogP contribution in [0.4, 0.5) is 5.69 Å². The Hall–Kier alpha value is -1.60. The van der Waals surface area contributed by atoms with Gasteiger partial charge in [0.15, 0.2) is 0 Å². The van der Waals surface area contributed by atoms with E-state index in [1.54, 1.807) is 6.07 Å². The normalized spacial score (nSPS) is 15.8. The van der Waals surface area contributed by atoms with Crippen molar-refractivity contribution in [3.05, 3.63) is 23.8 Å². The summed E-state index contributed by atoms with van der Waals surface area (Å²) in [4.78, 5) is 13.5. The molecule has 1 saturated heterocycles. The molecule has 0 spiro atoms. The van der Waals surface area contributed by atoms with Crippen LogP contribution in [0, 0.1) is 0 Å². The summed E-state index contributed by atoms with van der Waals surface area (Å²) >= 11 is 0. The lowest BCUT2D eigenvalue weighted by molar-refractivity contribution is 0.0697. The number of piperidine rings is 1. The minimum atomic E-state index is -3.66. The quantitative estimate of drug-likeness (QED) is 0.835. The lowest BCUT2D eigenvalue weighted by Crippen LogP contribution is -2.31. The molecule has 122 valence electrons. The third-order valence-electron chi connectivity index (χ3n) is 3.75. The topological polar surface area (TPSA) is 86.7 Å². The standard InChI is InChI=1S/C15H22N2O4S/c1-2-8-16-22(20,21)12-6-7-14(13(11-12)15(18)19)17-9-4-3-5-10-17/h6-7,11,16H,2-5,8-10H2,1H3,(H,18,19). The molecule has 1 heterocycles. The Kier molecular flexibility index (Phi) is 5.42. The van der Waals surface area contributed by atoms with Crippen LogP contribution in [0.2, 0.25) is 0 Å². The zero-order valence-electron chi connectivity index (χ0n) is 12.7. The van der Waals surface area contributed by atoms with E-state index in [2.05, 4.69) is 4.72 Å². The van der Waals surface area contributed by atoms with E-state index in [4.69, 9.17) is 0 Å². The van der Waals surface area contributed by atoms with Gasteiger partial charge in [0.25, 0.3) is 0 Å². The van der Waals surface area contributed by atoms with Gasteiger partial charge >= 0.3 is 5.97 Å². The van der Waals surface area contributed by atoms with E-state index >= 15 is 0 Å². The first-order chi connectivity index (χ1) is 10.5. The van der Waals surface area contributed by atoms with E-state index in [9.17, 15) is 18.3 Å². The first-order valence-corrected chi connectivity index (χ1v) is 9.06. The average molecular weight is 326 g/mol. The summed E-state index contributed by atoms with van der Waals surface area (Å²) in [5, 5.41) is 9.42. The van der Waals surface area contributed by atoms with Gasteiger partial charge in [0.05, 0.1) is 16.1 Å². The minimum Gasteiger partial charge on any atom is -0.478 e. The van der Waals surface area contributed by atoms with E-state index in [0.29, 0.717) is 18.7 Å². The smallest absolute Gasteiger partial charge is 0.337 e. The highest BCUT2D eigenvalue weighted by molar-refractivity contribution is 7.89. The number of nitrogens with one attached hydrogen (secondary N) is 1. The fraction of sp³-hybridized carbons (Fsp3) is 0.533. The summed E-state index contributed by atoms with van der Waals surface area (Å²) in [7, 11) is -3.66. The van der Waals surface area contributed by atoms with Crippen molar-refractivity contribution >= 4 is 21.7 Å². The molecule has 2 N–H and O–H groups in total. The van der Waals surface area contributed by atoms with Crippen molar-refractivity contribution in [2.24, 2.45) is 0 Å². The summed E-state index contributed by atoms with van der Waals surface area (Å²) in [5.74, 6) is -1.10. The van der Waals surface area contributed by atoms with Crippen LogP contribution in [0.15, 0.2) is 23.1 Å². The van der Waals surface area contributed by atoms with Gasteiger partial charge in [-0.15, -0.1) is 0 Å². The van der Waals surface area contributed by atoms with Crippen LogP contribution in [0.1, 0.15) is 43.0 Å². The zero-order chi connectivity index (χ0) is 16.2. The van der Waals surface area contributed by atoms with E-state index in [-0.39, 0.29) is 10.5 Å². The Bertz CT molecular complexity index is 637. The SMILES string of the molecule is CCCNS(=O)(=O)c1ccc(N2CCCCC2)c(C(=O)O)c1. The van der Waals surface area contributed by atoms with Crippen LogP contribution in [0.5, 0.6) is 0 Å². The fourth-order valence-corrected chi connectivity index (χ4v) is 3.74. The maximum Gasteiger partial charge on any atom is 0.337 e. The Morgan fingerprint density at radius 3 is 2.55 bits per heavy atom. The zero-order valence-corrected chi connectivity index (χ0v) is 13.5. The van der Waals surface area contributed by atoms with Gasteiger partial charge in [-0.25, -0.2) is 17.9 Å². The molecule has 0 bridgehead atoms. The van der Waals surface area contributed by atoms with Crippen molar-refractivity contribution in [2.75, 3.05) is 24.5 Å². The molecule has 2 rings (SSSR count). The highest BCUT2D eigenvalue weighted by Gasteiger charge is 2.22. The third kappa shape index (κ3) is 3.78. The summed E-state index contributed by atoms with van der Waals surface area (Å²) in [6.07, 6.45) is 3.87. The van der Waals surface area contributed by atoms with Crippen molar-refractivity contribution < 1.29 is 18.3 Å². The number of aromatic carboxylic acids is 1. The van der Waals surface area contributed by atoms with Crippen LogP contribution in [-0.4, -0.2) is 39.1 Å². The van der Waals surface area contributed by atoms with Gasteiger partial charge in [-0.1, -0.05) is 6.92 Å². The molecule has 0 aromatic heterocycles. The van der Waals surface area contributed by atoms with Crippen LogP contribution in [0.3, 0.4) is 0 Å². The first kappa shape index (κ1) is 16.8. The lowest BCUT2D eigenvalue weighted by atomic mass is 10.1. The molecule has 0 atom stereocenters. The minimum absolute atomic E-state index is 0.000825. The highest BCUT2D eigenvalue weighted by Crippen LogP contribution is 2.27. The number of anilines is 1. The Labute approximate surface area is 131 Å². The van der Waals surface area contributed by atoms with Crippen LogP contribution < -0.4 is 9.62 Å². The van der Waals surface area contributed by atoms with E-state index in [1.165, 1.54) is 12.1 Å². The van der Waals surface area contributed by atoms with Crippen molar-refractivity contribution in [3.8, 4) is 0 Å². The Morgan fingerprint density at radius 2 is 1.95 bits per heavy atom. The molecule has 0 amide bonds. The van der Waals surface area contributed by atoms with Crippen molar-refractivity contribution in [1.82, 2.24) is 4.72 Å². The summed E-state index contributed by atoms with van der Waals surface area (Å²) in [6, 6.07) is 4.34. The van der Waals surface area contributed by atoms with Crippen LogP contribution in [-0.2, 0) is 10.0 Å². The van der Waals surface area contributed by atoms with Gasteiger partial charge < -0.3 is 10.0 Å². The van der Waals surface area contributed by atoms with E-state index < -0.39 is 16.0 Å². The number of carbonyl (C=O) groups is 1. The molecule has 1 aliphatic rings. The maximum absolute atomic E-state index is 12.1. The lowest BCUT2D eigenvalue weighted by Gasteiger charge is -2.30. The van der Waals surface area contributed by atoms with E-state index in [1.807, 2.05) is 11.8 Å². The predicted octanol–water partition coefficient (Wildman–Crippen LogP) is 2.06. The van der Waals surface area contributed by atoms with Gasteiger partial charge in [0.1, 0.15) is 0 Å². The van der Waals surface area contributed by atoms with Gasteiger partial charge in [0.2, 0.25) is 10.0 Å². The molecular formula is C15H22N2O4S. The predicted molar refractivity (Wildman–Crippen MR) is 84.9 cm³/mol. The van der Waals surface area contributed by atoms with Crippen molar-refractivity contribution in [3.63, 3.8) is 0 Å². The largest absolute Gasteiger partial charge is 0.478 e. The molecule has 1 aromatic rings. The van der Waals surface area contributed by atoms with Gasteiger partial charge in [-0.3, -0.25) is 0 Å². The van der Waals surface area contributed by atoms with Crippen molar-refractivity contribution in [1.29, 1.82) is 0 Å². The third-order valence-corrected chi connectivity index (χ3v) is 5.21. The number of hydrogen-bond donors (Lipinski definition) is 2. The van der Waals surface area contributed by atoms with Crippen molar-refractivity contribution in [2.45, 2.75) is 37.5 Å². The van der Waals surface area contributed by atoms with Gasteiger partial charge in [-0.05, 0) is 43.9 Å². The Morgan fingerprint density at radius 1 is 1.27 bits per heavy atom. The van der Waals surface area contributed by atoms with Crippen LogP contribution in [0.25, 0.3) is 0 Å². The summed E-state index contributed by atoms with van der Waals surface area (Å²) in [5.41, 5.74) is 0.642. The molecule has 1 aliphatic heterocycles. The second-order valence-electron chi connectivity index (χ2n) is 5.43. The fourth-order valence-electron chi connectivity index (χ4n) is 2.58. The average Bonchev–Trinajstić information content (AvgIpc) is 2.53. The molecule has 0 radical (unpaired) electrons. The molecule has 0 aliphatic carbocycles. The van der Waals surface area contributed by atoms with Gasteiger partial charge in [-0.2, -0.15) is 0 Å². The number of carboxylic acids is 1. The number of rotatable bonds is 6. The molecule has 0 unspecified atom stereocenters. The summed E-state index contributed by atoms with van der Waals surface area (Å²) < 4.78 is 26.7. The number of nitrogens with zero attached hydrogens (tertiary/aromatic N) is 1. The first-order valence-electron chi connectivity index (χ1n) is 7.57. The summed E-state index contributed by atoms with van der Waals surface area (Å²) in [6.45, 7) is 3.81. The molecule has 7 heteroatoms. The number of sulfonamides is 1. The van der Waals surface area contributed by atoms with E-state index in [0.717, 1.165) is 32.4 Å². The number of hydrogen-bond acceptors (Lipinski definition) is 4. The van der Waals surface area contributed by atoms with Gasteiger partial charge in [0, 0.05) is 19.6 Å². The second kappa shape index (κ2) is 7.11. The second-order valence-corrected chi connectivity index (χ2v) is 7.20. The molecular weight excluding hydrogens is 304 g/mol. The number of benzene rings is 1. The maximum atomic E-state index is 12.1. The molecule has 6 nitrogen and oxygen atoms in total. The highest BCUT2D eigenvalue weighted by atomic mass is 32.2. The molecule has 1 fully saturated rings. The monoisotopic (exact) mass is 326 g/mol. The number of carboxylic acid groups (broad SMARTS) is 1. The molecule has 22 heavy (non-hydrogen) atoms. The Balaban J connectivity index is 2.36. The molecule has 0 saturated carbocycles.